The summed E-state index contributed by atoms with van der Waals surface area (Å²) in [6.45, 7) is -0.0898. The summed E-state index contributed by atoms with van der Waals surface area (Å²) in [7, 11) is 0. The minimum atomic E-state index is -2.06. The number of nitrogens with one attached hydrogen (secondary N) is 1. The number of halogens is 4. The lowest BCUT2D eigenvalue weighted by Gasteiger charge is -2.45. The number of benzene rings is 1. The van der Waals surface area contributed by atoms with E-state index in [1.165, 1.54) is 12.2 Å². The molecular formula is C16H13Cl4NO4. The molecule has 0 radical (unpaired) electrons. The maximum atomic E-state index is 12.4. The van der Waals surface area contributed by atoms with Crippen molar-refractivity contribution in [1.29, 1.82) is 0 Å². The van der Waals surface area contributed by atoms with Crippen molar-refractivity contribution in [2.24, 2.45) is 0 Å². The second-order valence-corrected chi connectivity index (χ2v) is 8.44. The second-order valence-electron chi connectivity index (χ2n) is 5.73. The molecule has 0 unspecified atom stereocenters. The maximum Gasteiger partial charge on any atom is 0.407 e. The maximum absolute atomic E-state index is 12.4. The molecule has 0 saturated carbocycles. The summed E-state index contributed by atoms with van der Waals surface area (Å²) in [6, 6.07) is 9.17. The predicted octanol–water partition coefficient (Wildman–Crippen LogP) is 3.54. The number of ether oxygens (including phenoxy) is 2. The first kappa shape index (κ1) is 18.8. The van der Waals surface area contributed by atoms with Gasteiger partial charge in [-0.25, -0.2) is 4.79 Å². The Bertz CT molecular complexity index is 722. The first-order valence-corrected chi connectivity index (χ1v) is 8.82. The Kier molecular flexibility index (Phi) is 4.99. The number of amides is 1. The van der Waals surface area contributed by atoms with Crippen LogP contribution in [0.2, 0.25) is 0 Å². The number of alkyl carbamates (subject to hydrolysis) is 1. The normalized spacial score (nSPS) is 28.6. The van der Waals surface area contributed by atoms with Gasteiger partial charge in [0, 0.05) is 0 Å². The van der Waals surface area contributed by atoms with Crippen LogP contribution in [0.25, 0.3) is 0 Å². The summed E-state index contributed by atoms with van der Waals surface area (Å²) in [5, 5.41) is 2.50. The van der Waals surface area contributed by atoms with Crippen LogP contribution >= 0.6 is 46.4 Å². The fourth-order valence-corrected chi connectivity index (χ4v) is 4.00. The summed E-state index contributed by atoms with van der Waals surface area (Å²) >= 11 is 24.4. The van der Waals surface area contributed by atoms with Gasteiger partial charge in [-0.05, 0) is 11.6 Å². The van der Waals surface area contributed by atoms with Crippen molar-refractivity contribution in [1.82, 2.24) is 5.32 Å². The summed E-state index contributed by atoms with van der Waals surface area (Å²) < 4.78 is 6.82. The third-order valence-corrected chi connectivity index (χ3v) is 5.82. The molecule has 1 aromatic carbocycles. The van der Waals surface area contributed by atoms with Gasteiger partial charge in [-0.1, -0.05) is 82.8 Å². The number of rotatable bonds is 4. The van der Waals surface area contributed by atoms with Crippen LogP contribution in [0, 0.1) is 0 Å². The third-order valence-electron chi connectivity index (χ3n) is 4.06. The molecule has 1 amide bonds. The number of hydrogen-bond donors (Lipinski definition) is 1. The minimum Gasteiger partial charge on any atom is -0.445 e. The second kappa shape index (κ2) is 6.63. The van der Waals surface area contributed by atoms with Crippen molar-refractivity contribution in [3.63, 3.8) is 0 Å². The Morgan fingerprint density at radius 1 is 1.20 bits per heavy atom. The molecule has 1 saturated heterocycles. The van der Waals surface area contributed by atoms with E-state index in [0.717, 1.165) is 5.56 Å². The van der Waals surface area contributed by atoms with Crippen LogP contribution in [0.3, 0.4) is 0 Å². The Morgan fingerprint density at radius 3 is 2.56 bits per heavy atom. The van der Waals surface area contributed by atoms with Gasteiger partial charge in [-0.2, -0.15) is 0 Å². The minimum absolute atomic E-state index is 0.0945. The van der Waals surface area contributed by atoms with Crippen LogP contribution in [0.1, 0.15) is 5.56 Å². The molecule has 25 heavy (non-hydrogen) atoms. The Balaban J connectivity index is 1.64. The van der Waals surface area contributed by atoms with E-state index in [-0.39, 0.29) is 13.2 Å². The first-order chi connectivity index (χ1) is 11.7. The van der Waals surface area contributed by atoms with Gasteiger partial charge >= 0.3 is 6.09 Å². The number of Topliss-reactive ketones (excluding diaryl/α,β-unsaturated/α-hetero) is 1. The van der Waals surface area contributed by atoms with Gasteiger partial charge < -0.3 is 14.8 Å². The van der Waals surface area contributed by atoms with Crippen LogP contribution in [0.4, 0.5) is 4.79 Å². The van der Waals surface area contributed by atoms with E-state index in [1.54, 1.807) is 0 Å². The van der Waals surface area contributed by atoms with Gasteiger partial charge in [0.2, 0.25) is 14.4 Å². The summed E-state index contributed by atoms with van der Waals surface area (Å²) in [5.74, 6) is -0.799. The average molecular weight is 425 g/mol. The molecule has 0 spiro atoms. The highest BCUT2D eigenvalue weighted by Gasteiger charge is 2.69. The van der Waals surface area contributed by atoms with E-state index in [1.807, 2.05) is 30.3 Å². The Morgan fingerprint density at radius 2 is 1.88 bits per heavy atom. The highest BCUT2D eigenvalue weighted by Crippen LogP contribution is 2.54. The number of carbonyl (C=O) groups is 2. The van der Waals surface area contributed by atoms with E-state index < -0.39 is 32.2 Å². The standard InChI is InChI=1S/C16H13Cl4NO4/c17-15(18)11-6-7-14(25-11,16(19,20)12(15)22)9-21-13(23)24-8-10-4-2-1-3-5-10/h1-7,11H,8-9H2,(H,21,23)/t11-,14+/m0/s1. The fraction of sp³-hybridized carbons (Fsp3) is 0.375. The number of alkyl halides is 4. The molecule has 1 fully saturated rings. The Hall–Kier alpha value is -0.980. The summed E-state index contributed by atoms with van der Waals surface area (Å²) in [6.07, 6.45) is 1.38. The smallest absolute Gasteiger partial charge is 0.407 e. The summed E-state index contributed by atoms with van der Waals surface area (Å²) in [4.78, 5) is 24.3. The number of hydrogen-bond acceptors (Lipinski definition) is 4. The highest BCUT2D eigenvalue weighted by molar-refractivity contribution is 6.70. The van der Waals surface area contributed by atoms with E-state index >= 15 is 0 Å². The molecule has 0 aliphatic carbocycles. The van der Waals surface area contributed by atoms with E-state index in [9.17, 15) is 9.59 Å². The monoisotopic (exact) mass is 423 g/mol. The zero-order valence-corrected chi connectivity index (χ0v) is 15.7. The quantitative estimate of drug-likeness (QED) is 0.593. The molecule has 9 heteroatoms. The molecule has 2 aliphatic heterocycles. The number of ketones is 1. The van der Waals surface area contributed by atoms with Gasteiger partial charge in [0.25, 0.3) is 0 Å². The van der Waals surface area contributed by atoms with Crippen molar-refractivity contribution in [3.05, 3.63) is 48.0 Å². The Labute approximate surface area is 164 Å². The predicted molar refractivity (Wildman–Crippen MR) is 95.3 cm³/mol. The largest absolute Gasteiger partial charge is 0.445 e. The topological polar surface area (TPSA) is 64.6 Å². The van der Waals surface area contributed by atoms with Gasteiger partial charge in [-0.3, -0.25) is 4.79 Å². The molecule has 3 rings (SSSR count). The van der Waals surface area contributed by atoms with Gasteiger partial charge in [0.05, 0.1) is 6.54 Å². The van der Waals surface area contributed by atoms with Crippen LogP contribution < -0.4 is 5.32 Å². The molecular weight excluding hydrogens is 412 g/mol. The van der Waals surface area contributed by atoms with Crippen LogP contribution in [0.15, 0.2) is 42.5 Å². The average Bonchev–Trinajstić information content (AvgIpc) is 3.03. The van der Waals surface area contributed by atoms with Gasteiger partial charge in [-0.15, -0.1) is 0 Å². The molecule has 2 aliphatic rings. The molecule has 0 aromatic heterocycles. The third kappa shape index (κ3) is 3.24. The number of carbonyl (C=O) groups excluding carboxylic acids is 2. The lowest BCUT2D eigenvalue weighted by molar-refractivity contribution is -0.140. The van der Waals surface area contributed by atoms with E-state index in [4.69, 9.17) is 55.9 Å². The van der Waals surface area contributed by atoms with Crippen LogP contribution in [-0.4, -0.2) is 38.8 Å². The zero-order chi connectivity index (χ0) is 18.3. The van der Waals surface area contributed by atoms with Gasteiger partial charge in [0.1, 0.15) is 18.3 Å². The highest BCUT2D eigenvalue weighted by atomic mass is 35.5. The lowest BCUT2D eigenvalue weighted by atomic mass is 9.93. The van der Waals surface area contributed by atoms with Crippen molar-refractivity contribution < 1.29 is 19.1 Å². The molecule has 2 atom stereocenters. The molecule has 1 aromatic rings. The molecule has 1 N–H and O–H groups in total. The van der Waals surface area contributed by atoms with Crippen molar-refractivity contribution in [2.75, 3.05) is 6.54 Å². The van der Waals surface area contributed by atoms with Gasteiger partial charge in [0.15, 0.2) is 0 Å². The fourth-order valence-electron chi connectivity index (χ4n) is 2.64. The molecule has 2 bridgehead atoms. The molecule has 134 valence electrons. The first-order valence-electron chi connectivity index (χ1n) is 7.31. The van der Waals surface area contributed by atoms with Crippen molar-refractivity contribution >= 4 is 58.3 Å². The lowest BCUT2D eigenvalue weighted by Crippen LogP contribution is -2.66. The molecule has 2 heterocycles. The zero-order valence-electron chi connectivity index (χ0n) is 12.7. The van der Waals surface area contributed by atoms with E-state index in [0.29, 0.717) is 0 Å². The molecule has 5 nitrogen and oxygen atoms in total. The number of fused-ring (bicyclic) bond motifs is 2. The summed E-state index contributed by atoms with van der Waals surface area (Å²) in [5.41, 5.74) is -0.643. The SMILES string of the molecule is O=C(NC[C@@]12C=C[C@H](O1)C(Cl)(Cl)C(=O)C2(Cl)Cl)OCc1ccccc1. The van der Waals surface area contributed by atoms with Crippen LogP contribution in [-0.2, 0) is 20.9 Å². The van der Waals surface area contributed by atoms with Crippen molar-refractivity contribution in [3.8, 4) is 0 Å². The van der Waals surface area contributed by atoms with Crippen molar-refractivity contribution in [2.45, 2.75) is 27.0 Å². The van der Waals surface area contributed by atoms with Crippen LogP contribution in [0.5, 0.6) is 0 Å². The van der Waals surface area contributed by atoms with E-state index in [2.05, 4.69) is 5.32 Å².